The molecule has 7 nitrogen and oxygen atoms in total. The van der Waals surface area contributed by atoms with Crippen LogP contribution in [0, 0.1) is 0 Å². The molecule has 194 valence electrons. The molecule has 2 saturated heterocycles. The van der Waals surface area contributed by atoms with Gasteiger partial charge in [-0.25, -0.2) is 4.57 Å². The predicted molar refractivity (Wildman–Crippen MR) is 158 cm³/mol. The fourth-order valence-electron chi connectivity index (χ4n) is 4.79. The molecule has 2 aliphatic heterocycles. The first-order valence-electron chi connectivity index (χ1n) is 12.8. The molecule has 0 aliphatic carbocycles. The zero-order chi connectivity index (χ0) is 25.5. The van der Waals surface area contributed by atoms with E-state index < -0.39 is 12.9 Å². The minimum absolute atomic E-state index is 0.00295. The van der Waals surface area contributed by atoms with Crippen molar-refractivity contribution in [2.24, 2.45) is 0 Å². The summed E-state index contributed by atoms with van der Waals surface area (Å²) in [4.78, 5) is 9.57. The van der Waals surface area contributed by atoms with Gasteiger partial charge < -0.3 is 23.8 Å². The Morgan fingerprint density at radius 1 is 0.971 bits per heavy atom. The second-order valence-corrected chi connectivity index (χ2v) is 14.2. The third-order valence-corrected chi connectivity index (χ3v) is 8.58. The first-order chi connectivity index (χ1) is 15.9. The standard InChI is InChI=1S/C20H42B4IO7PS/c1-11(2)28-10-18-16(32-33(26,27)34)8-20(31-18)24-22-14(6)13(5)21-23-19-7-15(29-12(3)4)17(9-25)30-19/h11-24H,7-10H2,1-6H3,(H2,26,27,34). The van der Waals surface area contributed by atoms with Crippen LogP contribution < -0.4 is 0 Å². The maximum Gasteiger partial charge on any atom is 0.383 e. The molecule has 34 heavy (non-hydrogen) atoms. The van der Waals surface area contributed by atoms with E-state index in [0.717, 1.165) is 39.5 Å². The summed E-state index contributed by atoms with van der Waals surface area (Å²) in [5.74, 6) is 1.13. The molecule has 2 heterocycles. The maximum atomic E-state index is 11.7. The van der Waals surface area contributed by atoms with Gasteiger partial charge in [0, 0.05) is 16.4 Å². The molecule has 0 bridgehead atoms. The molecule has 2 rings (SSSR count). The second-order valence-electron chi connectivity index (χ2n) is 10.6. The van der Waals surface area contributed by atoms with Crippen LogP contribution in [0.3, 0.4) is 0 Å². The third kappa shape index (κ3) is 11.4. The molecule has 0 spiro atoms. The van der Waals surface area contributed by atoms with Crippen molar-refractivity contribution in [3.05, 3.63) is 0 Å². The predicted octanol–water partition coefficient (Wildman–Crippen LogP) is 2.48. The second kappa shape index (κ2) is 15.1. The van der Waals surface area contributed by atoms with Crippen LogP contribution in [-0.4, -0.2) is 93.2 Å². The summed E-state index contributed by atoms with van der Waals surface area (Å²) in [7, 11) is 4.13. The number of rotatable bonds is 15. The average molecular weight is 628 g/mol. The Morgan fingerprint density at radius 2 is 1.50 bits per heavy atom. The van der Waals surface area contributed by atoms with E-state index in [1.165, 1.54) is 0 Å². The van der Waals surface area contributed by atoms with E-state index >= 15 is 0 Å². The summed E-state index contributed by atoms with van der Waals surface area (Å²) < 4.78 is 42.2. The van der Waals surface area contributed by atoms with Gasteiger partial charge >= 0.3 is 6.80 Å². The zero-order valence-electron chi connectivity index (χ0n) is 21.6. The van der Waals surface area contributed by atoms with Crippen molar-refractivity contribution in [3.63, 3.8) is 0 Å². The molecule has 2 fully saturated rings. The molecule has 0 saturated carbocycles. The van der Waals surface area contributed by atoms with Gasteiger partial charge in [0.2, 0.25) is 0 Å². The van der Waals surface area contributed by atoms with Gasteiger partial charge in [-0.1, -0.05) is 60.3 Å². The Balaban J connectivity index is 1.76. The van der Waals surface area contributed by atoms with Crippen molar-refractivity contribution in [3.8, 4) is 0 Å². The highest BCUT2D eigenvalue weighted by molar-refractivity contribution is 14.1. The fourth-order valence-corrected chi connectivity index (χ4v) is 6.50. The van der Waals surface area contributed by atoms with Crippen LogP contribution in [0.25, 0.3) is 0 Å². The molecule has 1 N–H and O–H groups in total. The minimum atomic E-state index is -3.88. The monoisotopic (exact) mass is 628 g/mol. The Hall–Kier alpha value is 1.33. The Kier molecular flexibility index (Phi) is 14.0. The van der Waals surface area contributed by atoms with E-state index in [0.29, 0.717) is 24.7 Å². The first kappa shape index (κ1) is 31.5. The van der Waals surface area contributed by atoms with E-state index in [-0.39, 0.29) is 42.5 Å². The number of ether oxygens (including phenoxy) is 4. The smallest absolute Gasteiger partial charge is 0.381 e. The summed E-state index contributed by atoms with van der Waals surface area (Å²) in [6.45, 7) is 9.17. The summed E-state index contributed by atoms with van der Waals surface area (Å²) >= 11 is 6.08. The van der Waals surface area contributed by atoms with Crippen LogP contribution in [0.4, 0.5) is 0 Å². The van der Waals surface area contributed by atoms with Gasteiger partial charge in [-0.05, 0) is 40.5 Å². The lowest BCUT2D eigenvalue weighted by molar-refractivity contribution is -0.0423. The van der Waals surface area contributed by atoms with Gasteiger partial charge in [0.25, 0.3) is 0 Å². The Bertz CT molecular complexity index is 650. The van der Waals surface area contributed by atoms with E-state index in [1.54, 1.807) is 0 Å². The lowest BCUT2D eigenvalue weighted by Gasteiger charge is -2.21. The zero-order valence-corrected chi connectivity index (χ0v) is 25.5. The molecule has 2 aliphatic rings. The maximum absolute atomic E-state index is 11.7. The van der Waals surface area contributed by atoms with Crippen molar-refractivity contribution in [1.82, 2.24) is 0 Å². The largest absolute Gasteiger partial charge is 0.383 e. The van der Waals surface area contributed by atoms with Crippen LogP contribution in [-0.2, 0) is 28.0 Å². The van der Waals surface area contributed by atoms with E-state index in [4.69, 9.17) is 23.5 Å². The topological polar surface area (TPSA) is 83.5 Å². The lowest BCUT2D eigenvalue weighted by Crippen LogP contribution is -2.31. The molecule has 0 amide bonds. The normalized spacial score (nSPS) is 33.0. The van der Waals surface area contributed by atoms with Crippen LogP contribution in [0.2, 0.25) is 11.6 Å². The number of thiol groups is 1. The number of alkyl halides is 1. The van der Waals surface area contributed by atoms with Crippen molar-refractivity contribution < 1.29 is 32.9 Å². The van der Waals surface area contributed by atoms with Crippen LogP contribution in [0.5, 0.6) is 0 Å². The highest BCUT2D eigenvalue weighted by Crippen LogP contribution is 2.50. The summed E-state index contributed by atoms with van der Waals surface area (Å²) in [5.41, 5.74) is 0. The quantitative estimate of drug-likeness (QED) is 0.0950. The fraction of sp³-hybridized carbons (Fsp3) is 1.00. The van der Waals surface area contributed by atoms with Crippen molar-refractivity contribution in [1.29, 1.82) is 0 Å². The minimum Gasteiger partial charge on any atom is -0.381 e. The highest BCUT2D eigenvalue weighted by atomic mass is 127. The molecular weight excluding hydrogens is 585 g/mol. The number of hydrogen-bond acceptors (Lipinski definition) is 6. The van der Waals surface area contributed by atoms with Crippen molar-refractivity contribution in [2.45, 2.75) is 115 Å². The van der Waals surface area contributed by atoms with Gasteiger partial charge in [-0.2, -0.15) is 0 Å². The van der Waals surface area contributed by atoms with E-state index in [2.05, 4.69) is 62.5 Å². The average Bonchev–Trinajstić information content (AvgIpc) is 3.29. The Morgan fingerprint density at radius 3 is 1.97 bits per heavy atom. The molecule has 0 aromatic heterocycles. The van der Waals surface area contributed by atoms with Crippen LogP contribution in [0.15, 0.2) is 0 Å². The van der Waals surface area contributed by atoms with Crippen LogP contribution in [0.1, 0.15) is 54.4 Å². The molecule has 0 aromatic carbocycles. The van der Waals surface area contributed by atoms with Gasteiger partial charge in [0.1, 0.15) is 20.4 Å². The number of halogens is 1. The summed E-state index contributed by atoms with van der Waals surface area (Å²) in [6.07, 6.45) is 1.46. The van der Waals surface area contributed by atoms with Gasteiger partial charge in [-0.15, -0.1) is 0 Å². The molecule has 0 radical (unpaired) electrons. The summed E-state index contributed by atoms with van der Waals surface area (Å²) in [5, 5.41) is 0. The number of hydrogen-bond donors (Lipinski definition) is 2. The molecule has 0 aromatic rings. The van der Waals surface area contributed by atoms with Gasteiger partial charge in [0.15, 0.2) is 0 Å². The Labute approximate surface area is 228 Å². The van der Waals surface area contributed by atoms with Gasteiger partial charge in [0.05, 0.1) is 51.5 Å². The van der Waals surface area contributed by atoms with Crippen LogP contribution >= 0.6 is 41.6 Å². The van der Waals surface area contributed by atoms with E-state index in [9.17, 15) is 9.46 Å². The molecular formula is C20H42B4IO7PS. The lowest BCUT2D eigenvalue weighted by atomic mass is 9.23. The van der Waals surface area contributed by atoms with Crippen molar-refractivity contribution in [2.75, 3.05) is 11.0 Å². The third-order valence-electron chi connectivity index (χ3n) is 6.88. The summed E-state index contributed by atoms with van der Waals surface area (Å²) in [6, 6.07) is 0.281. The molecule has 9 atom stereocenters. The first-order valence-corrected chi connectivity index (χ1v) is 17.0. The van der Waals surface area contributed by atoms with E-state index in [1.807, 2.05) is 13.8 Å². The molecule has 9 unspecified atom stereocenters. The molecule has 14 heteroatoms. The SMILES string of the molecule is CC(C)OCC1OC(BBC(C)C(C)BBC2CC(OC(C)C)C(CI)O2)CC1OP(=O)(O)S. The van der Waals surface area contributed by atoms with Gasteiger partial charge in [-0.3, -0.25) is 4.52 Å². The highest BCUT2D eigenvalue weighted by Gasteiger charge is 2.40. The van der Waals surface area contributed by atoms with Crippen molar-refractivity contribution >= 4 is 70.3 Å².